The Hall–Kier alpha value is -0.390. The van der Waals surface area contributed by atoms with Crippen molar-refractivity contribution in [1.82, 2.24) is 5.32 Å². The van der Waals surface area contributed by atoms with Gasteiger partial charge >= 0.3 is 0 Å². The van der Waals surface area contributed by atoms with E-state index in [1.165, 1.54) is 5.56 Å². The lowest BCUT2D eigenvalue weighted by molar-refractivity contribution is 0.308. The topological polar surface area (TPSA) is 30.5 Å². The van der Waals surface area contributed by atoms with E-state index in [4.69, 9.17) is 9.47 Å². The zero-order valence-corrected chi connectivity index (χ0v) is 15.3. The van der Waals surface area contributed by atoms with Gasteiger partial charge in [-0.25, -0.2) is 0 Å². The Morgan fingerprint density at radius 3 is 2.60 bits per heavy atom. The lowest BCUT2D eigenvalue weighted by atomic mass is 10.1. The molecular formula is C15H24BrNO2S. The summed E-state index contributed by atoms with van der Waals surface area (Å²) < 4.78 is 12.2. The Bertz CT molecular complexity index is 438. The molecule has 0 saturated heterocycles. The van der Waals surface area contributed by atoms with Gasteiger partial charge in [-0.1, -0.05) is 0 Å². The van der Waals surface area contributed by atoms with E-state index in [1.54, 1.807) is 7.11 Å². The minimum atomic E-state index is 0.243. The normalized spacial score (nSPS) is 11.5. The smallest absolute Gasteiger partial charge is 0.175 e. The summed E-state index contributed by atoms with van der Waals surface area (Å²) in [5, 5.41) is 3.48. The molecule has 0 amide bonds. The molecule has 0 saturated carbocycles. The SMILES string of the molecule is CCOc1c(Br)cc(CNCC(C)(C)SC)cc1OC. The molecule has 0 aliphatic rings. The Morgan fingerprint density at radius 1 is 1.35 bits per heavy atom. The summed E-state index contributed by atoms with van der Waals surface area (Å²) in [5.41, 5.74) is 1.18. The first-order valence-electron chi connectivity index (χ1n) is 6.68. The maximum atomic E-state index is 5.59. The number of halogens is 1. The number of thioether (sulfide) groups is 1. The van der Waals surface area contributed by atoms with Crippen LogP contribution in [0.1, 0.15) is 26.3 Å². The monoisotopic (exact) mass is 361 g/mol. The number of methoxy groups -OCH3 is 1. The third kappa shape index (κ3) is 5.19. The highest BCUT2D eigenvalue weighted by Gasteiger charge is 2.16. The molecule has 20 heavy (non-hydrogen) atoms. The number of nitrogens with one attached hydrogen (secondary N) is 1. The summed E-state index contributed by atoms with van der Waals surface area (Å²) in [4.78, 5) is 0. The second-order valence-corrected chi connectivity index (χ2v) is 7.48. The second kappa shape index (κ2) is 8.15. The highest BCUT2D eigenvalue weighted by molar-refractivity contribution is 9.10. The zero-order chi connectivity index (χ0) is 15.2. The summed E-state index contributed by atoms with van der Waals surface area (Å²) in [6, 6.07) is 4.10. The van der Waals surface area contributed by atoms with Gasteiger partial charge < -0.3 is 14.8 Å². The molecule has 0 aromatic heterocycles. The van der Waals surface area contributed by atoms with Crippen LogP contribution < -0.4 is 14.8 Å². The third-order valence-corrected chi connectivity index (χ3v) is 4.85. The molecule has 1 rings (SSSR count). The molecule has 1 aromatic carbocycles. The van der Waals surface area contributed by atoms with Crippen LogP contribution >= 0.6 is 27.7 Å². The van der Waals surface area contributed by atoms with E-state index in [-0.39, 0.29) is 4.75 Å². The average molecular weight is 362 g/mol. The van der Waals surface area contributed by atoms with Crippen molar-refractivity contribution >= 4 is 27.7 Å². The van der Waals surface area contributed by atoms with Crippen LogP contribution in [-0.4, -0.2) is 31.3 Å². The number of hydrogen-bond acceptors (Lipinski definition) is 4. The summed E-state index contributed by atoms with van der Waals surface area (Å²) in [5.74, 6) is 1.53. The van der Waals surface area contributed by atoms with Crippen LogP contribution in [0.2, 0.25) is 0 Å². The van der Waals surface area contributed by atoms with E-state index in [2.05, 4.69) is 47.4 Å². The van der Waals surface area contributed by atoms with Gasteiger partial charge in [0.15, 0.2) is 11.5 Å². The number of benzene rings is 1. The first-order valence-corrected chi connectivity index (χ1v) is 8.70. The summed E-state index contributed by atoms with van der Waals surface area (Å²) >= 11 is 5.41. The molecule has 0 fully saturated rings. The zero-order valence-electron chi connectivity index (χ0n) is 12.9. The highest BCUT2D eigenvalue weighted by Crippen LogP contribution is 2.36. The summed E-state index contributed by atoms with van der Waals surface area (Å²) in [6.45, 7) is 8.83. The minimum Gasteiger partial charge on any atom is -0.493 e. The molecule has 0 unspecified atom stereocenters. The fourth-order valence-electron chi connectivity index (χ4n) is 1.74. The molecule has 0 atom stereocenters. The van der Waals surface area contributed by atoms with Crippen LogP contribution in [0.5, 0.6) is 11.5 Å². The van der Waals surface area contributed by atoms with Crippen molar-refractivity contribution < 1.29 is 9.47 Å². The van der Waals surface area contributed by atoms with Gasteiger partial charge in [-0.15, -0.1) is 0 Å². The Kier molecular flexibility index (Phi) is 7.20. The second-order valence-electron chi connectivity index (χ2n) is 5.11. The van der Waals surface area contributed by atoms with Crippen molar-refractivity contribution in [2.75, 3.05) is 26.5 Å². The average Bonchev–Trinajstić information content (AvgIpc) is 2.41. The lowest BCUT2D eigenvalue weighted by Crippen LogP contribution is -2.31. The quantitative estimate of drug-likeness (QED) is 0.755. The molecule has 0 bridgehead atoms. The van der Waals surface area contributed by atoms with E-state index in [1.807, 2.05) is 24.8 Å². The van der Waals surface area contributed by atoms with Gasteiger partial charge in [0.1, 0.15) is 0 Å². The molecular weight excluding hydrogens is 338 g/mol. The molecule has 1 N–H and O–H groups in total. The molecule has 5 heteroatoms. The minimum absolute atomic E-state index is 0.243. The van der Waals surface area contributed by atoms with E-state index in [0.29, 0.717) is 6.61 Å². The molecule has 1 aromatic rings. The molecule has 114 valence electrons. The van der Waals surface area contributed by atoms with E-state index < -0.39 is 0 Å². The molecule has 0 heterocycles. The highest BCUT2D eigenvalue weighted by atomic mass is 79.9. The van der Waals surface area contributed by atoms with E-state index in [0.717, 1.165) is 29.1 Å². The molecule has 0 spiro atoms. The van der Waals surface area contributed by atoms with Crippen molar-refractivity contribution in [3.63, 3.8) is 0 Å². The molecule has 3 nitrogen and oxygen atoms in total. The van der Waals surface area contributed by atoms with Crippen LogP contribution in [0.3, 0.4) is 0 Å². The van der Waals surface area contributed by atoms with Crippen LogP contribution in [0.25, 0.3) is 0 Å². The van der Waals surface area contributed by atoms with E-state index >= 15 is 0 Å². The van der Waals surface area contributed by atoms with Crippen molar-refractivity contribution in [2.45, 2.75) is 32.1 Å². The van der Waals surface area contributed by atoms with Gasteiger partial charge in [0.2, 0.25) is 0 Å². The fraction of sp³-hybridized carbons (Fsp3) is 0.600. The van der Waals surface area contributed by atoms with Gasteiger partial charge in [0.05, 0.1) is 18.2 Å². The predicted molar refractivity (Wildman–Crippen MR) is 91.2 cm³/mol. The Balaban J connectivity index is 2.75. The van der Waals surface area contributed by atoms with Gasteiger partial charge in [-0.2, -0.15) is 11.8 Å². The number of ether oxygens (including phenoxy) is 2. The maximum Gasteiger partial charge on any atom is 0.175 e. The standard InChI is InChI=1S/C15H24BrNO2S/c1-6-19-14-12(16)7-11(8-13(14)18-4)9-17-10-15(2,3)20-5/h7-8,17H,6,9-10H2,1-5H3. The number of rotatable bonds is 8. The maximum absolute atomic E-state index is 5.59. The molecule has 0 aliphatic carbocycles. The Labute approximate surface area is 134 Å². The Morgan fingerprint density at radius 2 is 2.05 bits per heavy atom. The fourth-order valence-corrected chi connectivity index (χ4v) is 2.59. The van der Waals surface area contributed by atoms with Crippen molar-refractivity contribution in [2.24, 2.45) is 0 Å². The predicted octanol–water partition coefficient (Wildman–Crippen LogP) is 4.09. The van der Waals surface area contributed by atoms with Crippen LogP contribution in [-0.2, 0) is 6.54 Å². The van der Waals surface area contributed by atoms with Crippen molar-refractivity contribution in [3.05, 3.63) is 22.2 Å². The first kappa shape index (κ1) is 17.7. The van der Waals surface area contributed by atoms with Gasteiger partial charge in [-0.3, -0.25) is 0 Å². The summed E-state index contributed by atoms with van der Waals surface area (Å²) in [6.07, 6.45) is 2.14. The lowest BCUT2D eigenvalue weighted by Gasteiger charge is -2.22. The van der Waals surface area contributed by atoms with Crippen LogP contribution in [0.4, 0.5) is 0 Å². The summed E-state index contributed by atoms with van der Waals surface area (Å²) in [7, 11) is 1.67. The number of hydrogen-bond donors (Lipinski definition) is 1. The van der Waals surface area contributed by atoms with Gasteiger partial charge in [0.25, 0.3) is 0 Å². The van der Waals surface area contributed by atoms with Crippen molar-refractivity contribution in [1.29, 1.82) is 0 Å². The van der Waals surface area contributed by atoms with Crippen molar-refractivity contribution in [3.8, 4) is 11.5 Å². The third-order valence-electron chi connectivity index (χ3n) is 3.01. The van der Waals surface area contributed by atoms with Gasteiger partial charge in [-0.05, 0) is 60.7 Å². The molecule has 0 radical (unpaired) electrons. The van der Waals surface area contributed by atoms with Crippen LogP contribution in [0, 0.1) is 0 Å². The first-order chi connectivity index (χ1) is 9.43. The largest absolute Gasteiger partial charge is 0.493 e. The van der Waals surface area contributed by atoms with E-state index in [9.17, 15) is 0 Å². The molecule has 0 aliphatic heterocycles. The van der Waals surface area contributed by atoms with Gasteiger partial charge in [0, 0.05) is 17.8 Å². The van der Waals surface area contributed by atoms with Crippen LogP contribution in [0.15, 0.2) is 16.6 Å².